The van der Waals surface area contributed by atoms with E-state index in [1.54, 1.807) is 0 Å². The summed E-state index contributed by atoms with van der Waals surface area (Å²) in [4.78, 5) is 25.5. The van der Waals surface area contributed by atoms with E-state index in [-0.39, 0.29) is 11.9 Å². The maximum atomic E-state index is 13.3. The van der Waals surface area contributed by atoms with Crippen LogP contribution in [0.2, 0.25) is 0 Å². The van der Waals surface area contributed by atoms with Gasteiger partial charge < -0.3 is 14.8 Å². The average Bonchev–Trinajstić information content (AvgIpc) is 3.06. The number of carbonyl (C=O) groups is 1. The zero-order valence-electron chi connectivity index (χ0n) is 17.1. The number of amides is 1. The third-order valence-electron chi connectivity index (χ3n) is 5.75. The van der Waals surface area contributed by atoms with Crippen molar-refractivity contribution in [2.24, 2.45) is 5.92 Å². The Morgan fingerprint density at radius 1 is 1.14 bits per heavy atom. The number of anilines is 1. The number of benzene rings is 2. The van der Waals surface area contributed by atoms with Gasteiger partial charge in [0.2, 0.25) is 0 Å². The van der Waals surface area contributed by atoms with Crippen LogP contribution in [-0.4, -0.2) is 46.5 Å². The van der Waals surface area contributed by atoms with Crippen LogP contribution < -0.4 is 4.90 Å². The summed E-state index contributed by atoms with van der Waals surface area (Å²) in [7, 11) is 0. The second kappa shape index (κ2) is 7.30. The highest BCUT2D eigenvalue weighted by molar-refractivity contribution is 5.97. The number of piperazine rings is 1. The van der Waals surface area contributed by atoms with Crippen LogP contribution in [0, 0.1) is 19.8 Å². The molecule has 28 heavy (non-hydrogen) atoms. The molecule has 1 N–H and O–H groups in total. The van der Waals surface area contributed by atoms with Gasteiger partial charge in [0.15, 0.2) is 0 Å². The van der Waals surface area contributed by atoms with Crippen molar-refractivity contribution in [3.63, 3.8) is 0 Å². The number of fused-ring (bicyclic) bond motifs is 1. The number of hydrogen-bond acceptors (Lipinski definition) is 3. The SMILES string of the molecule is Cc1nc2ccc(C(=O)N3CCN(c4ccccc4C)CC3C(C)C)cc2[nH]1. The number of aromatic nitrogens is 2. The summed E-state index contributed by atoms with van der Waals surface area (Å²) < 4.78 is 0. The summed E-state index contributed by atoms with van der Waals surface area (Å²) in [5, 5.41) is 0. The lowest BCUT2D eigenvalue weighted by Crippen LogP contribution is -2.57. The van der Waals surface area contributed by atoms with E-state index in [1.807, 2.05) is 25.1 Å². The minimum Gasteiger partial charge on any atom is -0.367 e. The fourth-order valence-corrected chi connectivity index (χ4v) is 4.21. The Labute approximate surface area is 166 Å². The molecule has 0 radical (unpaired) electrons. The third kappa shape index (κ3) is 3.37. The van der Waals surface area contributed by atoms with E-state index < -0.39 is 0 Å². The molecule has 0 saturated carbocycles. The normalized spacial score (nSPS) is 17.5. The Bertz CT molecular complexity index is 1010. The molecule has 3 aromatic rings. The molecule has 5 heteroatoms. The Morgan fingerprint density at radius 2 is 1.93 bits per heavy atom. The number of imidazole rings is 1. The van der Waals surface area contributed by atoms with Crippen LogP contribution in [0.3, 0.4) is 0 Å². The molecule has 1 aliphatic heterocycles. The van der Waals surface area contributed by atoms with Gasteiger partial charge in [0.05, 0.1) is 17.1 Å². The van der Waals surface area contributed by atoms with E-state index in [0.717, 1.165) is 42.1 Å². The number of hydrogen-bond donors (Lipinski definition) is 1. The molecular formula is C23H28N4O. The molecule has 0 aliphatic carbocycles. The van der Waals surface area contributed by atoms with Crippen molar-refractivity contribution in [3.05, 3.63) is 59.4 Å². The molecule has 1 atom stereocenters. The summed E-state index contributed by atoms with van der Waals surface area (Å²) in [5.41, 5.74) is 5.10. The molecule has 2 aromatic carbocycles. The Hall–Kier alpha value is -2.82. The number of nitrogens with zero attached hydrogens (tertiary/aromatic N) is 3. The molecule has 1 amide bonds. The number of nitrogens with one attached hydrogen (secondary N) is 1. The van der Waals surface area contributed by atoms with E-state index in [1.165, 1.54) is 11.3 Å². The number of H-pyrrole nitrogens is 1. The minimum atomic E-state index is 0.109. The summed E-state index contributed by atoms with van der Waals surface area (Å²) in [6.07, 6.45) is 0. The van der Waals surface area contributed by atoms with Crippen molar-refractivity contribution in [3.8, 4) is 0 Å². The summed E-state index contributed by atoms with van der Waals surface area (Å²) >= 11 is 0. The molecule has 2 heterocycles. The predicted molar refractivity (Wildman–Crippen MR) is 114 cm³/mol. The number of rotatable bonds is 3. The molecule has 1 saturated heterocycles. The summed E-state index contributed by atoms with van der Waals surface area (Å²) in [5.74, 6) is 1.36. The topological polar surface area (TPSA) is 52.2 Å². The smallest absolute Gasteiger partial charge is 0.254 e. The van der Waals surface area contributed by atoms with Crippen molar-refractivity contribution in [2.75, 3.05) is 24.5 Å². The standard InChI is InChI=1S/C23H28N4O/c1-15(2)22-14-26(21-8-6-5-7-16(21)3)11-12-27(22)23(28)18-9-10-19-20(13-18)25-17(4)24-19/h5-10,13,15,22H,11-12,14H2,1-4H3,(H,24,25). The quantitative estimate of drug-likeness (QED) is 0.746. The van der Waals surface area contributed by atoms with Crippen LogP contribution in [0.25, 0.3) is 11.0 Å². The molecule has 1 aliphatic rings. The first-order chi connectivity index (χ1) is 13.4. The third-order valence-corrected chi connectivity index (χ3v) is 5.75. The van der Waals surface area contributed by atoms with Crippen molar-refractivity contribution in [1.82, 2.24) is 14.9 Å². The maximum Gasteiger partial charge on any atom is 0.254 e. The molecule has 0 bridgehead atoms. The van der Waals surface area contributed by atoms with Crippen LogP contribution in [-0.2, 0) is 0 Å². The largest absolute Gasteiger partial charge is 0.367 e. The van der Waals surface area contributed by atoms with Crippen molar-refractivity contribution in [2.45, 2.75) is 33.7 Å². The lowest BCUT2D eigenvalue weighted by molar-refractivity contribution is 0.0600. The second-order valence-electron chi connectivity index (χ2n) is 8.10. The van der Waals surface area contributed by atoms with Gasteiger partial charge in [0.25, 0.3) is 5.91 Å². The van der Waals surface area contributed by atoms with E-state index in [9.17, 15) is 4.79 Å². The first-order valence-electron chi connectivity index (χ1n) is 10.0. The number of aryl methyl sites for hydroxylation is 2. The summed E-state index contributed by atoms with van der Waals surface area (Å²) in [6, 6.07) is 14.4. The molecule has 1 unspecified atom stereocenters. The van der Waals surface area contributed by atoms with E-state index in [0.29, 0.717) is 5.92 Å². The molecule has 1 aromatic heterocycles. The van der Waals surface area contributed by atoms with Gasteiger partial charge >= 0.3 is 0 Å². The highest BCUT2D eigenvalue weighted by atomic mass is 16.2. The fraction of sp³-hybridized carbons (Fsp3) is 0.391. The molecular weight excluding hydrogens is 348 g/mol. The van der Waals surface area contributed by atoms with Gasteiger partial charge in [-0.05, 0) is 49.6 Å². The zero-order chi connectivity index (χ0) is 19.8. The maximum absolute atomic E-state index is 13.3. The fourth-order valence-electron chi connectivity index (χ4n) is 4.21. The molecule has 5 nitrogen and oxygen atoms in total. The summed E-state index contributed by atoms with van der Waals surface area (Å²) in [6.45, 7) is 10.9. The Morgan fingerprint density at radius 3 is 2.68 bits per heavy atom. The van der Waals surface area contributed by atoms with Crippen molar-refractivity contribution in [1.29, 1.82) is 0 Å². The van der Waals surface area contributed by atoms with Crippen molar-refractivity contribution < 1.29 is 4.79 Å². The monoisotopic (exact) mass is 376 g/mol. The Kier molecular flexibility index (Phi) is 4.84. The number of aromatic amines is 1. The van der Waals surface area contributed by atoms with E-state index in [2.05, 4.69) is 64.8 Å². The lowest BCUT2D eigenvalue weighted by Gasteiger charge is -2.44. The van der Waals surface area contributed by atoms with Crippen LogP contribution in [0.4, 0.5) is 5.69 Å². The van der Waals surface area contributed by atoms with E-state index >= 15 is 0 Å². The van der Waals surface area contributed by atoms with Crippen LogP contribution in [0.15, 0.2) is 42.5 Å². The van der Waals surface area contributed by atoms with Gasteiger partial charge in [-0.3, -0.25) is 4.79 Å². The minimum absolute atomic E-state index is 0.109. The molecule has 146 valence electrons. The zero-order valence-corrected chi connectivity index (χ0v) is 17.1. The molecule has 1 fully saturated rings. The molecule has 0 spiro atoms. The second-order valence-corrected chi connectivity index (χ2v) is 8.10. The van der Waals surface area contributed by atoms with Gasteiger partial charge in [0.1, 0.15) is 5.82 Å². The molecule has 4 rings (SSSR count). The van der Waals surface area contributed by atoms with Gasteiger partial charge in [0, 0.05) is 30.9 Å². The van der Waals surface area contributed by atoms with Gasteiger partial charge in [-0.15, -0.1) is 0 Å². The van der Waals surface area contributed by atoms with E-state index in [4.69, 9.17) is 0 Å². The highest BCUT2D eigenvalue weighted by Crippen LogP contribution is 2.27. The van der Waals surface area contributed by atoms with Crippen LogP contribution in [0.5, 0.6) is 0 Å². The van der Waals surface area contributed by atoms with Crippen LogP contribution in [0.1, 0.15) is 35.6 Å². The Balaban J connectivity index is 1.59. The first kappa shape index (κ1) is 18.5. The van der Waals surface area contributed by atoms with Gasteiger partial charge in [-0.1, -0.05) is 32.0 Å². The van der Waals surface area contributed by atoms with Crippen LogP contribution >= 0.6 is 0 Å². The first-order valence-corrected chi connectivity index (χ1v) is 10.0. The van der Waals surface area contributed by atoms with Gasteiger partial charge in [-0.2, -0.15) is 0 Å². The van der Waals surface area contributed by atoms with Gasteiger partial charge in [-0.25, -0.2) is 4.98 Å². The number of para-hydroxylation sites is 1. The van der Waals surface area contributed by atoms with Crippen molar-refractivity contribution >= 4 is 22.6 Å². The number of carbonyl (C=O) groups excluding carboxylic acids is 1. The highest BCUT2D eigenvalue weighted by Gasteiger charge is 2.33. The average molecular weight is 377 g/mol. The predicted octanol–water partition coefficient (Wildman–Crippen LogP) is 4.17. The lowest BCUT2D eigenvalue weighted by atomic mass is 9.97.